The van der Waals surface area contributed by atoms with Crippen LogP contribution in [0, 0.1) is 12.3 Å². The number of amides is 1. The zero-order chi connectivity index (χ0) is 20.4. The maximum absolute atomic E-state index is 12.9. The van der Waals surface area contributed by atoms with Crippen molar-refractivity contribution in [3.63, 3.8) is 0 Å². The lowest BCUT2D eigenvalue weighted by atomic mass is 9.90. The van der Waals surface area contributed by atoms with Crippen molar-refractivity contribution in [2.24, 2.45) is 5.41 Å². The third-order valence-corrected chi connectivity index (χ3v) is 4.29. The third-order valence-electron chi connectivity index (χ3n) is 4.29. The number of carboxylic acid groups (broad SMARTS) is 1. The molecule has 146 valence electrons. The Morgan fingerprint density at radius 2 is 1.93 bits per heavy atom. The second-order valence-corrected chi connectivity index (χ2v) is 6.80. The molecule has 0 aliphatic carbocycles. The summed E-state index contributed by atoms with van der Waals surface area (Å²) < 4.78 is 39.9. The first-order valence-corrected chi connectivity index (χ1v) is 8.17. The topological polar surface area (TPSA) is 84.2 Å². The van der Waals surface area contributed by atoms with Gasteiger partial charge in [-0.25, -0.2) is 4.68 Å². The van der Waals surface area contributed by atoms with E-state index < -0.39 is 29.0 Å². The van der Waals surface area contributed by atoms with E-state index in [0.29, 0.717) is 5.69 Å². The van der Waals surface area contributed by atoms with Crippen LogP contribution in [-0.4, -0.2) is 33.3 Å². The molecule has 1 heterocycles. The van der Waals surface area contributed by atoms with Crippen LogP contribution in [0.5, 0.6) is 0 Å². The molecule has 0 aliphatic rings. The number of aromatic nitrogens is 2. The Balaban J connectivity index is 2.15. The van der Waals surface area contributed by atoms with Crippen molar-refractivity contribution in [2.75, 3.05) is 6.54 Å². The number of carboxylic acids is 1. The Morgan fingerprint density at radius 3 is 2.52 bits per heavy atom. The Bertz CT molecular complexity index is 857. The average Bonchev–Trinajstić information content (AvgIpc) is 2.95. The lowest BCUT2D eigenvalue weighted by Crippen LogP contribution is -2.32. The van der Waals surface area contributed by atoms with E-state index in [1.807, 2.05) is 0 Å². The van der Waals surface area contributed by atoms with Crippen LogP contribution >= 0.6 is 0 Å². The molecule has 0 fully saturated rings. The van der Waals surface area contributed by atoms with E-state index in [1.165, 1.54) is 23.0 Å². The molecule has 0 spiro atoms. The summed E-state index contributed by atoms with van der Waals surface area (Å²) in [5, 5.41) is 15.7. The predicted octanol–water partition coefficient (Wildman–Crippen LogP) is 3.43. The summed E-state index contributed by atoms with van der Waals surface area (Å²) in [7, 11) is 0. The highest BCUT2D eigenvalue weighted by atomic mass is 19.4. The minimum absolute atomic E-state index is 0.145. The minimum Gasteiger partial charge on any atom is -0.481 e. The van der Waals surface area contributed by atoms with E-state index in [2.05, 4.69) is 10.4 Å². The monoisotopic (exact) mass is 383 g/mol. The molecule has 0 saturated carbocycles. The number of nitrogens with one attached hydrogen (secondary N) is 1. The van der Waals surface area contributed by atoms with E-state index in [1.54, 1.807) is 20.8 Å². The summed E-state index contributed by atoms with van der Waals surface area (Å²) in [6.45, 7) is 4.83. The van der Waals surface area contributed by atoms with Crippen molar-refractivity contribution in [1.82, 2.24) is 15.1 Å². The lowest BCUT2D eigenvalue weighted by molar-refractivity contribution is -0.147. The number of carbonyl (C=O) groups is 2. The maximum Gasteiger partial charge on any atom is 0.416 e. The van der Waals surface area contributed by atoms with Crippen molar-refractivity contribution in [3.05, 3.63) is 47.3 Å². The molecule has 0 saturated heterocycles. The molecule has 27 heavy (non-hydrogen) atoms. The van der Waals surface area contributed by atoms with Gasteiger partial charge >= 0.3 is 12.1 Å². The van der Waals surface area contributed by atoms with Gasteiger partial charge in [-0.3, -0.25) is 9.59 Å². The second kappa shape index (κ2) is 7.42. The van der Waals surface area contributed by atoms with Crippen molar-refractivity contribution in [2.45, 2.75) is 33.4 Å². The zero-order valence-electron chi connectivity index (χ0n) is 15.1. The molecular formula is C18H20F3N3O3. The first-order valence-electron chi connectivity index (χ1n) is 8.17. The lowest BCUT2D eigenvalue weighted by Gasteiger charge is -2.18. The van der Waals surface area contributed by atoms with Crippen LogP contribution < -0.4 is 5.32 Å². The van der Waals surface area contributed by atoms with E-state index in [4.69, 9.17) is 5.11 Å². The normalized spacial score (nSPS) is 12.1. The van der Waals surface area contributed by atoms with Gasteiger partial charge < -0.3 is 10.4 Å². The van der Waals surface area contributed by atoms with Gasteiger partial charge in [0.1, 0.15) is 0 Å². The summed E-state index contributed by atoms with van der Waals surface area (Å²) in [5.41, 5.74) is -1.01. The molecule has 0 bridgehead atoms. The van der Waals surface area contributed by atoms with Gasteiger partial charge in [0.25, 0.3) is 5.91 Å². The summed E-state index contributed by atoms with van der Waals surface area (Å²) in [5.74, 6) is -1.43. The molecule has 2 rings (SSSR count). The first-order chi connectivity index (χ1) is 12.4. The van der Waals surface area contributed by atoms with Gasteiger partial charge in [0, 0.05) is 6.54 Å². The Labute approximate surface area is 154 Å². The van der Waals surface area contributed by atoms with E-state index >= 15 is 0 Å². The molecule has 1 aromatic carbocycles. The number of carbonyl (C=O) groups excluding carboxylic acids is 1. The second-order valence-electron chi connectivity index (χ2n) is 6.80. The minimum atomic E-state index is -4.48. The van der Waals surface area contributed by atoms with Crippen molar-refractivity contribution >= 4 is 11.9 Å². The molecule has 1 amide bonds. The molecule has 0 atom stereocenters. The first kappa shape index (κ1) is 20.5. The smallest absolute Gasteiger partial charge is 0.416 e. The fourth-order valence-electron chi connectivity index (χ4n) is 2.40. The molecule has 6 nitrogen and oxygen atoms in total. The van der Waals surface area contributed by atoms with Crippen LogP contribution in [0.3, 0.4) is 0 Å². The fourth-order valence-corrected chi connectivity index (χ4v) is 2.40. The van der Waals surface area contributed by atoms with Crippen LogP contribution in [0.15, 0.2) is 30.5 Å². The highest BCUT2D eigenvalue weighted by Gasteiger charge is 2.31. The Morgan fingerprint density at radius 1 is 1.26 bits per heavy atom. The molecule has 0 unspecified atom stereocenters. The quantitative estimate of drug-likeness (QED) is 0.801. The number of nitrogens with zero attached hydrogens (tertiary/aromatic N) is 2. The van der Waals surface area contributed by atoms with E-state index in [9.17, 15) is 22.8 Å². The van der Waals surface area contributed by atoms with Crippen molar-refractivity contribution in [1.29, 1.82) is 0 Å². The molecule has 9 heteroatoms. The molecule has 2 N–H and O–H groups in total. The molecule has 1 aromatic heterocycles. The highest BCUT2D eigenvalue weighted by Crippen LogP contribution is 2.30. The number of hydrogen-bond donors (Lipinski definition) is 2. The van der Waals surface area contributed by atoms with E-state index in [0.717, 1.165) is 12.1 Å². The summed E-state index contributed by atoms with van der Waals surface area (Å²) in [6, 6.07) is 4.65. The summed E-state index contributed by atoms with van der Waals surface area (Å²) >= 11 is 0. The van der Waals surface area contributed by atoms with Crippen molar-refractivity contribution < 1.29 is 27.9 Å². The van der Waals surface area contributed by atoms with Crippen LogP contribution in [-0.2, 0) is 11.0 Å². The largest absolute Gasteiger partial charge is 0.481 e. The van der Waals surface area contributed by atoms with Gasteiger partial charge in [-0.15, -0.1) is 0 Å². The standard InChI is InChI=1S/C18H20F3N3O3/c1-11-14(15(25)22-8-7-17(2,3)16(26)27)10-23-24(11)13-6-4-5-12(9-13)18(19,20)21/h4-6,9-10H,7-8H2,1-3H3,(H,22,25)(H,26,27). The molecule has 0 aliphatic heterocycles. The number of rotatable bonds is 6. The molecular weight excluding hydrogens is 363 g/mol. The maximum atomic E-state index is 12.9. The number of hydrogen-bond acceptors (Lipinski definition) is 3. The number of benzene rings is 1. The van der Waals surface area contributed by atoms with Gasteiger partial charge in [-0.05, 0) is 45.4 Å². The zero-order valence-corrected chi connectivity index (χ0v) is 15.1. The molecule has 2 aromatic rings. The summed E-state index contributed by atoms with van der Waals surface area (Å²) in [6.07, 6.45) is -2.98. The fraction of sp³-hybridized carbons (Fsp3) is 0.389. The number of aliphatic carboxylic acids is 1. The van der Waals surface area contributed by atoms with Crippen LogP contribution in [0.1, 0.15) is 41.9 Å². The van der Waals surface area contributed by atoms with Crippen LogP contribution in [0.25, 0.3) is 5.69 Å². The van der Waals surface area contributed by atoms with Gasteiger partial charge in [0.05, 0.1) is 34.1 Å². The van der Waals surface area contributed by atoms with Gasteiger partial charge in [-0.2, -0.15) is 18.3 Å². The van der Waals surface area contributed by atoms with Crippen LogP contribution in [0.2, 0.25) is 0 Å². The predicted molar refractivity (Wildman–Crippen MR) is 91.7 cm³/mol. The van der Waals surface area contributed by atoms with Crippen LogP contribution in [0.4, 0.5) is 13.2 Å². The number of halogens is 3. The van der Waals surface area contributed by atoms with Crippen molar-refractivity contribution in [3.8, 4) is 5.69 Å². The molecule has 0 radical (unpaired) electrons. The van der Waals surface area contributed by atoms with Gasteiger partial charge in [-0.1, -0.05) is 6.07 Å². The highest BCUT2D eigenvalue weighted by molar-refractivity contribution is 5.95. The Kier molecular flexibility index (Phi) is 5.62. The Hall–Kier alpha value is -2.84. The number of alkyl halides is 3. The average molecular weight is 383 g/mol. The SMILES string of the molecule is Cc1c(C(=O)NCCC(C)(C)C(=O)O)cnn1-c1cccc(C(F)(F)F)c1. The van der Waals surface area contributed by atoms with Gasteiger partial charge in [0.15, 0.2) is 0 Å². The summed E-state index contributed by atoms with van der Waals surface area (Å²) in [4.78, 5) is 23.4. The third kappa shape index (κ3) is 4.66. The van der Waals surface area contributed by atoms with E-state index in [-0.39, 0.29) is 24.2 Å². The van der Waals surface area contributed by atoms with Gasteiger partial charge in [0.2, 0.25) is 0 Å².